The molecule has 0 radical (unpaired) electrons. The fourth-order valence-electron chi connectivity index (χ4n) is 2.36. The maximum absolute atomic E-state index is 12.1. The van der Waals surface area contributed by atoms with Gasteiger partial charge in [0.25, 0.3) is 15.9 Å². The van der Waals surface area contributed by atoms with Crippen molar-refractivity contribution in [2.45, 2.75) is 11.1 Å². The number of hydrogen-bond donors (Lipinski definition) is 2. The Morgan fingerprint density at radius 3 is 2.59 bits per heavy atom. The van der Waals surface area contributed by atoms with Crippen LogP contribution in [0.2, 0.25) is 0 Å². The van der Waals surface area contributed by atoms with Crippen LogP contribution in [0.25, 0.3) is 0 Å². The predicted molar refractivity (Wildman–Crippen MR) is 102 cm³/mol. The molecule has 12 heteroatoms. The molecule has 0 aliphatic carbocycles. The molecule has 2 heterocycles. The number of thiophene rings is 1. The van der Waals surface area contributed by atoms with Crippen LogP contribution in [-0.2, 0) is 24.3 Å². The summed E-state index contributed by atoms with van der Waals surface area (Å²) in [7, 11) is -3.82. The van der Waals surface area contributed by atoms with Crippen LogP contribution in [0.15, 0.2) is 33.9 Å². The number of nitrogens with one attached hydrogen (secondary N) is 2. The largest absolute Gasteiger partial charge is 0.455 e. The molecule has 3 rings (SSSR count). The third-order valence-electron chi connectivity index (χ3n) is 3.70. The van der Waals surface area contributed by atoms with Crippen LogP contribution in [0, 0.1) is 0 Å². The van der Waals surface area contributed by atoms with Crippen molar-refractivity contribution in [3.8, 4) is 11.5 Å². The first kappa shape index (κ1) is 20.8. The molecule has 0 unspecified atom stereocenters. The van der Waals surface area contributed by atoms with Crippen molar-refractivity contribution >= 4 is 44.7 Å². The van der Waals surface area contributed by atoms with E-state index in [4.69, 9.17) is 14.2 Å². The number of benzene rings is 1. The van der Waals surface area contributed by atoms with Gasteiger partial charge in [-0.2, -0.15) is 4.72 Å². The third kappa shape index (κ3) is 5.10. The van der Waals surface area contributed by atoms with Crippen molar-refractivity contribution in [3.63, 3.8) is 0 Å². The van der Waals surface area contributed by atoms with Crippen molar-refractivity contribution in [3.05, 3.63) is 35.2 Å². The number of rotatable bonds is 8. The van der Waals surface area contributed by atoms with Gasteiger partial charge >= 0.3 is 5.97 Å². The van der Waals surface area contributed by atoms with E-state index in [0.29, 0.717) is 11.5 Å². The number of Topliss-reactive ketones (excluding diaryl/α,β-unsaturated/α-hetero) is 1. The lowest BCUT2D eigenvalue weighted by Gasteiger charge is -2.11. The number of carbonyl (C=O) groups excluding carboxylic acids is 3. The second-order valence-corrected chi connectivity index (χ2v) is 8.71. The molecule has 1 amide bonds. The van der Waals surface area contributed by atoms with Gasteiger partial charge < -0.3 is 19.5 Å². The summed E-state index contributed by atoms with van der Waals surface area (Å²) in [5.74, 6) is -1.19. The highest BCUT2D eigenvalue weighted by atomic mass is 32.2. The van der Waals surface area contributed by atoms with Crippen LogP contribution in [0.1, 0.15) is 17.3 Å². The van der Waals surface area contributed by atoms with Crippen molar-refractivity contribution in [1.82, 2.24) is 4.72 Å². The SMILES string of the molecule is CC(=O)c1cc2c(cc1NC(=O)COC(=O)CNS(=O)(=O)c1cccs1)OCO2. The van der Waals surface area contributed by atoms with Crippen LogP contribution in [0.3, 0.4) is 0 Å². The number of esters is 1. The summed E-state index contributed by atoms with van der Waals surface area (Å²) in [6.45, 7) is 0.0393. The highest BCUT2D eigenvalue weighted by Crippen LogP contribution is 2.37. The number of hydrogen-bond acceptors (Lipinski definition) is 9. The smallest absolute Gasteiger partial charge is 0.321 e. The monoisotopic (exact) mass is 440 g/mol. The Hall–Kier alpha value is -2.96. The van der Waals surface area contributed by atoms with Crippen molar-refractivity contribution < 1.29 is 37.0 Å². The van der Waals surface area contributed by atoms with Crippen LogP contribution in [0.4, 0.5) is 5.69 Å². The van der Waals surface area contributed by atoms with E-state index in [9.17, 15) is 22.8 Å². The molecule has 2 aromatic rings. The summed E-state index contributed by atoms with van der Waals surface area (Å²) < 4.78 is 41.2. The van der Waals surface area contributed by atoms with Gasteiger partial charge in [0.05, 0.1) is 5.69 Å². The summed E-state index contributed by atoms with van der Waals surface area (Å²) in [4.78, 5) is 35.6. The molecule has 0 saturated heterocycles. The maximum atomic E-state index is 12.1. The number of ketones is 1. The van der Waals surface area contributed by atoms with E-state index in [2.05, 4.69) is 10.0 Å². The van der Waals surface area contributed by atoms with Crippen LogP contribution in [0.5, 0.6) is 11.5 Å². The van der Waals surface area contributed by atoms with Gasteiger partial charge in [-0.25, -0.2) is 8.42 Å². The Kier molecular flexibility index (Phi) is 6.15. The van der Waals surface area contributed by atoms with Crippen molar-refractivity contribution in [2.75, 3.05) is 25.3 Å². The van der Waals surface area contributed by atoms with E-state index in [1.54, 1.807) is 11.4 Å². The fraction of sp³-hybridized carbons (Fsp3) is 0.235. The van der Waals surface area contributed by atoms with Gasteiger partial charge in [0, 0.05) is 11.6 Å². The molecule has 1 aliphatic rings. The highest BCUT2D eigenvalue weighted by molar-refractivity contribution is 7.91. The Morgan fingerprint density at radius 1 is 1.21 bits per heavy atom. The quantitative estimate of drug-likeness (QED) is 0.461. The first-order chi connectivity index (χ1) is 13.8. The lowest BCUT2D eigenvalue weighted by molar-refractivity contribution is -0.146. The van der Waals surface area contributed by atoms with E-state index < -0.39 is 35.1 Å². The first-order valence-corrected chi connectivity index (χ1v) is 10.6. The fourth-order valence-corrected chi connectivity index (χ4v) is 4.37. The van der Waals surface area contributed by atoms with Crippen LogP contribution < -0.4 is 19.5 Å². The second kappa shape index (κ2) is 8.59. The number of carbonyl (C=O) groups is 3. The molecular weight excluding hydrogens is 424 g/mol. The van der Waals surface area contributed by atoms with Gasteiger partial charge in [0.15, 0.2) is 23.9 Å². The number of sulfonamides is 1. The molecule has 10 nitrogen and oxygen atoms in total. The topological polar surface area (TPSA) is 137 Å². The minimum atomic E-state index is -3.82. The first-order valence-electron chi connectivity index (χ1n) is 8.19. The Labute approximate surface area is 169 Å². The molecule has 1 aromatic heterocycles. The predicted octanol–water partition coefficient (Wildman–Crippen LogP) is 1.14. The van der Waals surface area contributed by atoms with E-state index in [1.165, 1.54) is 25.1 Å². The molecule has 2 N–H and O–H groups in total. The Bertz CT molecular complexity index is 1050. The molecule has 0 saturated carbocycles. The summed E-state index contributed by atoms with van der Waals surface area (Å²) in [5.41, 5.74) is 0.388. The Balaban J connectivity index is 1.54. The third-order valence-corrected chi connectivity index (χ3v) is 6.50. The Morgan fingerprint density at radius 2 is 1.93 bits per heavy atom. The highest BCUT2D eigenvalue weighted by Gasteiger charge is 2.21. The number of anilines is 1. The van der Waals surface area contributed by atoms with Crippen LogP contribution in [-0.4, -0.2) is 46.0 Å². The lowest BCUT2D eigenvalue weighted by Crippen LogP contribution is -2.32. The van der Waals surface area contributed by atoms with Gasteiger partial charge in [-0.3, -0.25) is 14.4 Å². The van der Waals surface area contributed by atoms with Gasteiger partial charge in [-0.1, -0.05) is 6.07 Å². The molecule has 0 atom stereocenters. The van der Waals surface area contributed by atoms with Crippen molar-refractivity contribution in [1.29, 1.82) is 0 Å². The van der Waals surface area contributed by atoms with E-state index in [0.717, 1.165) is 11.3 Å². The van der Waals surface area contributed by atoms with E-state index in [1.807, 2.05) is 0 Å². The van der Waals surface area contributed by atoms with E-state index in [-0.39, 0.29) is 28.0 Å². The minimum Gasteiger partial charge on any atom is -0.455 e. The van der Waals surface area contributed by atoms with Crippen molar-refractivity contribution in [2.24, 2.45) is 0 Å². The van der Waals surface area contributed by atoms with Gasteiger partial charge in [-0.05, 0) is 24.4 Å². The van der Waals surface area contributed by atoms with E-state index >= 15 is 0 Å². The zero-order valence-electron chi connectivity index (χ0n) is 15.1. The summed E-state index contributed by atoms with van der Waals surface area (Å²) >= 11 is 1.000. The molecule has 0 bridgehead atoms. The lowest BCUT2D eigenvalue weighted by atomic mass is 10.1. The summed E-state index contributed by atoms with van der Waals surface area (Å²) in [6, 6.07) is 5.84. The average Bonchev–Trinajstić information content (AvgIpc) is 3.35. The summed E-state index contributed by atoms with van der Waals surface area (Å²) in [6.07, 6.45) is 0. The molecule has 154 valence electrons. The molecule has 1 aromatic carbocycles. The number of ether oxygens (including phenoxy) is 3. The zero-order chi connectivity index (χ0) is 21.0. The molecule has 29 heavy (non-hydrogen) atoms. The molecule has 1 aliphatic heterocycles. The van der Waals surface area contributed by atoms with Crippen LogP contribution >= 0.6 is 11.3 Å². The molecular formula is C17H16N2O8S2. The minimum absolute atomic E-state index is 0.00305. The molecule has 0 fully saturated rings. The van der Waals surface area contributed by atoms with Gasteiger partial charge in [0.2, 0.25) is 6.79 Å². The maximum Gasteiger partial charge on any atom is 0.321 e. The number of fused-ring (bicyclic) bond motifs is 1. The summed E-state index contributed by atoms with van der Waals surface area (Å²) in [5, 5.41) is 4.05. The molecule has 0 spiro atoms. The average molecular weight is 440 g/mol. The number of amides is 1. The normalized spacial score (nSPS) is 12.4. The second-order valence-electron chi connectivity index (χ2n) is 5.77. The zero-order valence-corrected chi connectivity index (χ0v) is 16.7. The van der Waals surface area contributed by atoms with Gasteiger partial charge in [-0.15, -0.1) is 11.3 Å². The van der Waals surface area contributed by atoms with Gasteiger partial charge in [0.1, 0.15) is 10.8 Å². The standard InChI is InChI=1S/C17H16N2O8S2/c1-10(20)11-5-13-14(27-9-26-13)6-12(11)19-15(21)8-25-16(22)7-18-29(23,24)17-3-2-4-28-17/h2-6,18H,7-9H2,1H3,(H,19,21).